The van der Waals surface area contributed by atoms with Gasteiger partial charge in [0.1, 0.15) is 0 Å². The molecule has 1 heterocycles. The molecule has 2 aromatic rings. The van der Waals surface area contributed by atoms with Gasteiger partial charge in [0.2, 0.25) is 0 Å². The molecule has 1 aromatic carbocycles. The predicted octanol–water partition coefficient (Wildman–Crippen LogP) is 3.49. The van der Waals surface area contributed by atoms with Gasteiger partial charge in [-0.15, -0.1) is 11.3 Å². The molecular weight excluding hydrogens is 240 g/mol. The maximum atomic E-state index is 5.97. The normalized spacial score (nSPS) is 10.8. The number of aryl methyl sites for hydroxylation is 2. The highest BCUT2D eigenvalue weighted by Crippen LogP contribution is 2.18. The van der Waals surface area contributed by atoms with E-state index in [2.05, 4.69) is 36.7 Å². The summed E-state index contributed by atoms with van der Waals surface area (Å²) in [7, 11) is 0. The lowest BCUT2D eigenvalue weighted by Gasteiger charge is -2.09. The Labute approximate surface area is 113 Å². The summed E-state index contributed by atoms with van der Waals surface area (Å²) in [6.45, 7) is 6.05. The van der Waals surface area contributed by atoms with E-state index in [0.29, 0.717) is 0 Å². The molecule has 0 saturated carbocycles. The van der Waals surface area contributed by atoms with E-state index in [9.17, 15) is 0 Å². The van der Waals surface area contributed by atoms with Crippen LogP contribution in [0.15, 0.2) is 29.6 Å². The molecule has 0 fully saturated rings. The maximum absolute atomic E-state index is 5.97. The quantitative estimate of drug-likeness (QED) is 0.808. The van der Waals surface area contributed by atoms with Gasteiger partial charge < -0.3 is 11.1 Å². The summed E-state index contributed by atoms with van der Waals surface area (Å²) < 4.78 is 0. The van der Waals surface area contributed by atoms with Gasteiger partial charge in [-0.05, 0) is 42.0 Å². The van der Waals surface area contributed by atoms with Crippen molar-refractivity contribution in [1.29, 1.82) is 0 Å². The Morgan fingerprint density at radius 3 is 2.78 bits per heavy atom. The van der Waals surface area contributed by atoms with Crippen molar-refractivity contribution in [3.63, 3.8) is 0 Å². The van der Waals surface area contributed by atoms with E-state index in [1.807, 2.05) is 23.5 Å². The molecule has 96 valence electrons. The second kappa shape index (κ2) is 6.03. The van der Waals surface area contributed by atoms with Crippen LogP contribution in [0.4, 0.5) is 5.69 Å². The lowest BCUT2D eigenvalue weighted by molar-refractivity contribution is 0.698. The topological polar surface area (TPSA) is 38.0 Å². The van der Waals surface area contributed by atoms with Gasteiger partial charge in [-0.3, -0.25) is 0 Å². The first-order valence-electron chi connectivity index (χ1n) is 6.31. The summed E-state index contributed by atoms with van der Waals surface area (Å²) in [5, 5.41) is 5.64. The number of nitrogens with two attached hydrogens (primary N) is 1. The summed E-state index contributed by atoms with van der Waals surface area (Å²) in [5.41, 5.74) is 10.7. The van der Waals surface area contributed by atoms with Crippen LogP contribution in [0.2, 0.25) is 0 Å². The Hall–Kier alpha value is -1.32. The SMILES string of the molecule is CCc1ccsc1CNCc1cc(C)ccc1N. The molecule has 0 aliphatic carbocycles. The summed E-state index contributed by atoms with van der Waals surface area (Å²) in [5.74, 6) is 0. The molecule has 0 atom stereocenters. The van der Waals surface area contributed by atoms with Gasteiger partial charge in [0.05, 0.1) is 0 Å². The van der Waals surface area contributed by atoms with Gasteiger partial charge in [0.15, 0.2) is 0 Å². The van der Waals surface area contributed by atoms with Crippen LogP contribution >= 0.6 is 11.3 Å². The molecule has 2 rings (SSSR count). The van der Waals surface area contributed by atoms with Gasteiger partial charge in [0.25, 0.3) is 0 Å². The molecule has 3 heteroatoms. The van der Waals surface area contributed by atoms with E-state index in [1.165, 1.54) is 21.6 Å². The van der Waals surface area contributed by atoms with Gasteiger partial charge in [-0.25, -0.2) is 0 Å². The number of thiophene rings is 1. The average Bonchev–Trinajstić information content (AvgIpc) is 2.81. The van der Waals surface area contributed by atoms with Gasteiger partial charge in [-0.1, -0.05) is 24.6 Å². The number of hydrogen-bond acceptors (Lipinski definition) is 3. The van der Waals surface area contributed by atoms with Crippen molar-refractivity contribution in [3.8, 4) is 0 Å². The maximum Gasteiger partial charge on any atom is 0.0359 e. The van der Waals surface area contributed by atoms with E-state index in [-0.39, 0.29) is 0 Å². The molecule has 0 unspecified atom stereocenters. The minimum atomic E-state index is 0.828. The Kier molecular flexibility index (Phi) is 4.39. The third-order valence-electron chi connectivity index (χ3n) is 3.12. The van der Waals surface area contributed by atoms with Crippen LogP contribution in [0, 0.1) is 6.92 Å². The lowest BCUT2D eigenvalue weighted by atomic mass is 10.1. The molecule has 1 aromatic heterocycles. The number of benzene rings is 1. The molecule has 0 radical (unpaired) electrons. The second-order valence-electron chi connectivity index (χ2n) is 4.53. The minimum absolute atomic E-state index is 0.828. The highest BCUT2D eigenvalue weighted by molar-refractivity contribution is 7.10. The van der Waals surface area contributed by atoms with Crippen LogP contribution in [0.1, 0.15) is 28.5 Å². The van der Waals surface area contributed by atoms with E-state index >= 15 is 0 Å². The molecule has 0 aliphatic heterocycles. The molecule has 0 saturated heterocycles. The van der Waals surface area contributed by atoms with Crippen LogP contribution in [0.3, 0.4) is 0 Å². The fraction of sp³-hybridized carbons (Fsp3) is 0.333. The Bertz CT molecular complexity index is 517. The zero-order chi connectivity index (χ0) is 13.0. The fourth-order valence-corrected chi connectivity index (χ4v) is 2.98. The fourth-order valence-electron chi connectivity index (χ4n) is 2.04. The van der Waals surface area contributed by atoms with Crippen LogP contribution in [0.5, 0.6) is 0 Å². The molecule has 2 nitrogen and oxygen atoms in total. The largest absolute Gasteiger partial charge is 0.398 e. The number of anilines is 1. The van der Waals surface area contributed by atoms with Gasteiger partial charge >= 0.3 is 0 Å². The van der Waals surface area contributed by atoms with Crippen LogP contribution < -0.4 is 11.1 Å². The number of hydrogen-bond donors (Lipinski definition) is 2. The molecule has 0 amide bonds. The minimum Gasteiger partial charge on any atom is -0.398 e. The number of nitrogen functional groups attached to an aromatic ring is 1. The van der Waals surface area contributed by atoms with Crippen molar-refractivity contribution >= 4 is 17.0 Å². The first-order valence-corrected chi connectivity index (χ1v) is 7.19. The number of rotatable bonds is 5. The van der Waals surface area contributed by atoms with E-state index in [1.54, 1.807) is 0 Å². The van der Waals surface area contributed by atoms with Crippen molar-refractivity contribution in [3.05, 3.63) is 51.2 Å². The summed E-state index contributed by atoms with van der Waals surface area (Å²) in [6, 6.07) is 8.39. The van der Waals surface area contributed by atoms with Crippen LogP contribution in [-0.2, 0) is 19.5 Å². The third-order valence-corrected chi connectivity index (χ3v) is 4.08. The first kappa shape index (κ1) is 13.1. The molecule has 18 heavy (non-hydrogen) atoms. The summed E-state index contributed by atoms with van der Waals surface area (Å²) in [4.78, 5) is 1.43. The monoisotopic (exact) mass is 260 g/mol. The van der Waals surface area contributed by atoms with Crippen molar-refractivity contribution < 1.29 is 0 Å². The van der Waals surface area contributed by atoms with Crippen LogP contribution in [-0.4, -0.2) is 0 Å². The van der Waals surface area contributed by atoms with Crippen molar-refractivity contribution in [1.82, 2.24) is 5.32 Å². The van der Waals surface area contributed by atoms with Crippen molar-refractivity contribution in [2.45, 2.75) is 33.4 Å². The molecular formula is C15H20N2S. The van der Waals surface area contributed by atoms with Gasteiger partial charge in [-0.2, -0.15) is 0 Å². The van der Waals surface area contributed by atoms with E-state index in [0.717, 1.165) is 25.2 Å². The molecule has 0 spiro atoms. The summed E-state index contributed by atoms with van der Waals surface area (Å²) >= 11 is 1.82. The first-order chi connectivity index (χ1) is 8.70. The molecule has 3 N–H and O–H groups in total. The average molecular weight is 260 g/mol. The Morgan fingerprint density at radius 2 is 2.00 bits per heavy atom. The van der Waals surface area contributed by atoms with Crippen molar-refractivity contribution in [2.75, 3.05) is 5.73 Å². The predicted molar refractivity (Wildman–Crippen MR) is 79.8 cm³/mol. The molecule has 0 bridgehead atoms. The zero-order valence-corrected chi connectivity index (χ0v) is 11.8. The highest BCUT2D eigenvalue weighted by Gasteiger charge is 2.03. The highest BCUT2D eigenvalue weighted by atomic mass is 32.1. The van der Waals surface area contributed by atoms with Crippen LogP contribution in [0.25, 0.3) is 0 Å². The standard InChI is InChI=1S/C15H20N2S/c1-3-12-6-7-18-15(12)10-17-9-13-8-11(2)4-5-14(13)16/h4-8,17H,3,9-10,16H2,1-2H3. The van der Waals surface area contributed by atoms with Gasteiger partial charge in [0, 0.05) is 23.7 Å². The van der Waals surface area contributed by atoms with Crippen molar-refractivity contribution in [2.24, 2.45) is 0 Å². The molecule has 0 aliphatic rings. The smallest absolute Gasteiger partial charge is 0.0359 e. The third kappa shape index (κ3) is 3.12. The second-order valence-corrected chi connectivity index (χ2v) is 5.53. The van der Waals surface area contributed by atoms with E-state index < -0.39 is 0 Å². The Balaban J connectivity index is 1.94. The lowest BCUT2D eigenvalue weighted by Crippen LogP contribution is -2.14. The number of nitrogens with one attached hydrogen (secondary N) is 1. The van der Waals surface area contributed by atoms with E-state index in [4.69, 9.17) is 5.73 Å². The Morgan fingerprint density at radius 1 is 1.17 bits per heavy atom. The summed E-state index contributed by atoms with van der Waals surface area (Å²) in [6.07, 6.45) is 1.10. The zero-order valence-electron chi connectivity index (χ0n) is 11.0.